The second-order valence-electron chi connectivity index (χ2n) is 10.6. The van der Waals surface area contributed by atoms with Crippen molar-refractivity contribution in [2.24, 2.45) is 0 Å². The van der Waals surface area contributed by atoms with Gasteiger partial charge in [-0.25, -0.2) is 4.39 Å². The van der Waals surface area contributed by atoms with E-state index in [0.29, 0.717) is 65.3 Å². The Hall–Kier alpha value is -2.77. The number of alkyl halides is 4. The molecule has 0 saturated carbocycles. The SMILES string of the molecule is [2H]C([2H])([2H])Oc1cc(P2(=O)CCOCC2)ccc1NCC#Cc1sc2c(NC3CCN(C)CC3F)cccc2c1CC(F)(F)F. The number of likely N-dealkylation sites (tertiary alicyclic amines) is 1. The van der Waals surface area contributed by atoms with Gasteiger partial charge in [0.1, 0.15) is 19.1 Å². The van der Waals surface area contributed by atoms with Gasteiger partial charge in [-0.2, -0.15) is 13.2 Å². The number of benzene rings is 2. The van der Waals surface area contributed by atoms with Crippen molar-refractivity contribution in [2.75, 3.05) is 69.9 Å². The predicted molar refractivity (Wildman–Crippen MR) is 162 cm³/mol. The summed E-state index contributed by atoms with van der Waals surface area (Å²) >= 11 is 1.12. The van der Waals surface area contributed by atoms with Gasteiger partial charge in [0.05, 0.1) is 64.3 Å². The van der Waals surface area contributed by atoms with E-state index in [1.54, 1.807) is 30.3 Å². The Kier molecular flexibility index (Phi) is 8.20. The van der Waals surface area contributed by atoms with Crippen molar-refractivity contribution < 1.29 is 35.7 Å². The highest BCUT2D eigenvalue weighted by atomic mass is 32.1. The Morgan fingerprint density at radius 1 is 1.24 bits per heavy atom. The fourth-order valence-corrected chi connectivity index (χ4v) is 8.79. The number of nitrogens with one attached hydrogen (secondary N) is 2. The fourth-order valence-electron chi connectivity index (χ4n) is 5.34. The molecule has 1 aromatic heterocycles. The second-order valence-corrected chi connectivity index (χ2v) is 14.8. The maximum Gasteiger partial charge on any atom is 0.393 e. The summed E-state index contributed by atoms with van der Waals surface area (Å²) in [5.74, 6) is 5.70. The van der Waals surface area contributed by atoms with E-state index in [1.165, 1.54) is 6.07 Å². The van der Waals surface area contributed by atoms with Crippen LogP contribution in [0.1, 0.15) is 21.0 Å². The minimum absolute atomic E-state index is 0.0218. The van der Waals surface area contributed by atoms with Crippen LogP contribution in [-0.4, -0.2) is 82.5 Å². The number of anilines is 2. The highest BCUT2D eigenvalue weighted by Crippen LogP contribution is 2.47. The minimum Gasteiger partial charge on any atom is -0.495 e. The Bertz CT molecular complexity index is 1630. The molecule has 2 fully saturated rings. The summed E-state index contributed by atoms with van der Waals surface area (Å²) in [4.78, 5) is 2.14. The number of hydrogen-bond donors (Lipinski definition) is 2. The van der Waals surface area contributed by atoms with E-state index in [2.05, 4.69) is 22.5 Å². The molecule has 2 unspecified atom stereocenters. The van der Waals surface area contributed by atoms with E-state index >= 15 is 0 Å². The maximum atomic E-state index is 14.8. The van der Waals surface area contributed by atoms with Gasteiger partial charge in [0.15, 0.2) is 0 Å². The van der Waals surface area contributed by atoms with E-state index in [9.17, 15) is 22.1 Å². The summed E-state index contributed by atoms with van der Waals surface area (Å²) in [6, 6.07) is 9.24. The predicted octanol–water partition coefficient (Wildman–Crippen LogP) is 5.95. The van der Waals surface area contributed by atoms with Crippen LogP contribution in [0, 0.1) is 11.8 Å². The lowest BCUT2D eigenvalue weighted by Gasteiger charge is -2.33. The molecule has 5 rings (SSSR count). The molecule has 226 valence electrons. The third kappa shape index (κ3) is 7.05. The summed E-state index contributed by atoms with van der Waals surface area (Å²) in [5, 5.41) is 7.11. The van der Waals surface area contributed by atoms with Crippen molar-refractivity contribution in [2.45, 2.75) is 31.2 Å². The van der Waals surface area contributed by atoms with E-state index < -0.39 is 39.0 Å². The lowest BCUT2D eigenvalue weighted by atomic mass is 10.0. The molecule has 0 bridgehead atoms. The molecule has 2 aliphatic heterocycles. The van der Waals surface area contributed by atoms with Crippen molar-refractivity contribution in [3.63, 3.8) is 0 Å². The third-order valence-electron chi connectivity index (χ3n) is 7.59. The summed E-state index contributed by atoms with van der Waals surface area (Å²) in [6.07, 6.45) is -5.51. The quantitative estimate of drug-likeness (QED) is 0.192. The first kappa shape index (κ1) is 26.8. The summed E-state index contributed by atoms with van der Waals surface area (Å²) in [5.41, 5.74) is 0.913. The molecule has 0 aliphatic carbocycles. The lowest BCUT2D eigenvalue weighted by molar-refractivity contribution is -0.126. The zero-order chi connectivity index (χ0) is 32.4. The van der Waals surface area contributed by atoms with Crippen molar-refractivity contribution in [1.29, 1.82) is 0 Å². The fraction of sp³-hybridized carbons (Fsp3) is 0.467. The number of nitrogens with zero attached hydrogens (tertiary/aromatic N) is 1. The molecule has 2 aliphatic rings. The average molecular weight is 627 g/mol. The van der Waals surface area contributed by atoms with Gasteiger partial charge in [-0.1, -0.05) is 24.0 Å². The molecule has 3 heterocycles. The first-order valence-corrected chi connectivity index (χ1v) is 16.5. The molecule has 0 spiro atoms. The van der Waals surface area contributed by atoms with Crippen molar-refractivity contribution in [3.05, 3.63) is 46.8 Å². The van der Waals surface area contributed by atoms with E-state index in [4.69, 9.17) is 13.6 Å². The van der Waals surface area contributed by atoms with E-state index in [1.807, 2.05) is 11.9 Å². The Balaban J connectivity index is 1.40. The van der Waals surface area contributed by atoms with Crippen LogP contribution < -0.4 is 20.7 Å². The number of ether oxygens (including phenoxy) is 2. The summed E-state index contributed by atoms with van der Waals surface area (Å²) < 4.78 is 103. The van der Waals surface area contributed by atoms with Crippen LogP contribution in [0.2, 0.25) is 0 Å². The number of fused-ring (bicyclic) bond motifs is 1. The summed E-state index contributed by atoms with van der Waals surface area (Å²) in [6.45, 7) is 1.64. The van der Waals surface area contributed by atoms with Gasteiger partial charge in [-0.15, -0.1) is 11.3 Å². The number of piperidine rings is 1. The average Bonchev–Trinajstić information content (AvgIpc) is 3.29. The molecule has 3 aromatic rings. The number of hydrogen-bond acceptors (Lipinski definition) is 7. The zero-order valence-electron chi connectivity index (χ0n) is 26.0. The molecule has 0 radical (unpaired) electrons. The molecular formula is C30H34F4N3O3PS. The van der Waals surface area contributed by atoms with Crippen molar-refractivity contribution in [3.8, 4) is 17.6 Å². The van der Waals surface area contributed by atoms with Crippen LogP contribution in [0.5, 0.6) is 5.75 Å². The molecule has 2 N–H and O–H groups in total. The van der Waals surface area contributed by atoms with Gasteiger partial charge in [0, 0.05) is 30.7 Å². The topological polar surface area (TPSA) is 62.8 Å². The summed E-state index contributed by atoms with van der Waals surface area (Å²) in [7, 11) is -3.69. The molecule has 2 atom stereocenters. The van der Waals surface area contributed by atoms with E-state index in [0.717, 1.165) is 11.3 Å². The monoisotopic (exact) mass is 626 g/mol. The largest absolute Gasteiger partial charge is 0.495 e. The molecule has 0 amide bonds. The number of halogens is 4. The van der Waals surface area contributed by atoms with Crippen LogP contribution in [0.15, 0.2) is 36.4 Å². The zero-order valence-corrected chi connectivity index (χ0v) is 24.7. The minimum atomic E-state index is -4.47. The number of thiophene rings is 1. The smallest absolute Gasteiger partial charge is 0.393 e. The maximum absolute atomic E-state index is 14.8. The molecular weight excluding hydrogens is 589 g/mol. The first-order valence-electron chi connectivity index (χ1n) is 15.1. The van der Waals surface area contributed by atoms with Gasteiger partial charge in [0.2, 0.25) is 0 Å². The van der Waals surface area contributed by atoms with Gasteiger partial charge in [-0.3, -0.25) is 0 Å². The normalized spacial score (nSPS) is 22.4. The molecule has 42 heavy (non-hydrogen) atoms. The molecule has 2 saturated heterocycles. The molecule has 6 nitrogen and oxygen atoms in total. The Morgan fingerprint density at radius 2 is 2.05 bits per heavy atom. The van der Waals surface area contributed by atoms with Gasteiger partial charge < -0.3 is 29.6 Å². The van der Waals surface area contributed by atoms with Crippen LogP contribution in [0.25, 0.3) is 10.1 Å². The highest BCUT2D eigenvalue weighted by molar-refractivity contribution is 7.71. The third-order valence-corrected chi connectivity index (χ3v) is 11.8. The van der Waals surface area contributed by atoms with Gasteiger partial charge >= 0.3 is 6.18 Å². The standard InChI is InChI=1S/C30H34F4N3O3PS/c1-37-12-10-24(23(31)19-37)36-26-6-3-5-21-22(18-30(32,33)34)28(42-29(21)26)7-4-11-35-25-9-8-20(17-27(25)39-2)41(38)15-13-40-14-16-41/h3,5-6,8-9,17,23-24,35-36H,10-16,18-19H2,1-2H3/i2D3. The first-order chi connectivity index (χ1) is 21.2. The van der Waals surface area contributed by atoms with Crippen LogP contribution in [-0.2, 0) is 15.7 Å². The van der Waals surface area contributed by atoms with Gasteiger partial charge in [-0.05, 0) is 48.7 Å². The van der Waals surface area contributed by atoms with Crippen LogP contribution >= 0.6 is 18.5 Å². The molecule has 12 heteroatoms. The number of methoxy groups -OCH3 is 1. The van der Waals surface area contributed by atoms with Crippen molar-refractivity contribution in [1.82, 2.24) is 4.90 Å². The second kappa shape index (κ2) is 12.8. The Labute approximate surface area is 251 Å². The van der Waals surface area contributed by atoms with Crippen LogP contribution in [0.4, 0.5) is 28.9 Å². The number of rotatable bonds is 7. The van der Waals surface area contributed by atoms with Crippen molar-refractivity contribution >= 4 is 45.2 Å². The van der Waals surface area contributed by atoms with Crippen LogP contribution in [0.3, 0.4) is 0 Å². The van der Waals surface area contributed by atoms with Gasteiger partial charge in [0.25, 0.3) is 0 Å². The lowest BCUT2D eigenvalue weighted by Crippen LogP contribution is -2.46. The highest BCUT2D eigenvalue weighted by Gasteiger charge is 2.32. The van der Waals surface area contributed by atoms with E-state index in [-0.39, 0.29) is 29.3 Å². The molecule has 2 aromatic carbocycles. The Morgan fingerprint density at radius 3 is 2.79 bits per heavy atom.